The first-order chi connectivity index (χ1) is 12.0. The summed E-state index contributed by atoms with van der Waals surface area (Å²) in [4.78, 5) is 0. The van der Waals surface area contributed by atoms with E-state index in [2.05, 4.69) is 24.3 Å². The molecule has 0 saturated heterocycles. The van der Waals surface area contributed by atoms with Crippen molar-refractivity contribution in [1.29, 1.82) is 0 Å². The van der Waals surface area contributed by atoms with Gasteiger partial charge in [-0.25, -0.2) is 0 Å². The summed E-state index contributed by atoms with van der Waals surface area (Å²) in [5.74, 6) is 0. The summed E-state index contributed by atoms with van der Waals surface area (Å²) in [6, 6.07) is 0. The molecule has 0 N–H and O–H groups in total. The molecule has 24 heavy (non-hydrogen) atoms. The molecule has 140 valence electrons. The van der Waals surface area contributed by atoms with Gasteiger partial charge >= 0.3 is 0 Å². The highest BCUT2D eigenvalue weighted by Gasteiger charge is 1.95. The van der Waals surface area contributed by atoms with Crippen molar-refractivity contribution in [2.45, 2.75) is 128 Å². The minimum absolute atomic E-state index is 1.27. The maximum Gasteiger partial charge on any atom is -0.0348 e. The number of hydrogen-bond acceptors (Lipinski definition) is 0. The van der Waals surface area contributed by atoms with Crippen molar-refractivity contribution in [3.8, 4) is 0 Å². The van der Waals surface area contributed by atoms with Crippen molar-refractivity contribution in [2.75, 3.05) is 0 Å². The zero-order valence-electron chi connectivity index (χ0n) is 16.5. The van der Waals surface area contributed by atoms with Crippen LogP contribution in [0.3, 0.4) is 0 Å². The summed E-state index contributed by atoms with van der Waals surface area (Å²) >= 11 is 0. The van der Waals surface area contributed by atoms with Gasteiger partial charge in [0.1, 0.15) is 0 Å². The standard InChI is InChI=1S/C24H44/c1-2-4-6-8-10-12-14-16-18-20-22-24-23-21-19-17-15-13-11-9-7-5-3-1/h1-4H,5-24H2/b3-1-,4-2+. The summed E-state index contributed by atoms with van der Waals surface area (Å²) in [5, 5.41) is 0. The van der Waals surface area contributed by atoms with Crippen LogP contribution in [0, 0.1) is 0 Å². The highest BCUT2D eigenvalue weighted by Crippen LogP contribution is 2.15. The molecule has 0 aliphatic heterocycles. The van der Waals surface area contributed by atoms with Gasteiger partial charge in [0.25, 0.3) is 0 Å². The van der Waals surface area contributed by atoms with Crippen molar-refractivity contribution in [3.05, 3.63) is 24.3 Å². The van der Waals surface area contributed by atoms with E-state index in [1.54, 1.807) is 0 Å². The maximum atomic E-state index is 2.36. The van der Waals surface area contributed by atoms with Gasteiger partial charge in [-0.15, -0.1) is 0 Å². The van der Waals surface area contributed by atoms with Gasteiger partial charge in [0.2, 0.25) is 0 Å². The molecule has 1 aliphatic carbocycles. The molecule has 0 unspecified atom stereocenters. The lowest BCUT2D eigenvalue weighted by Gasteiger charge is -2.04. The minimum atomic E-state index is 1.27. The van der Waals surface area contributed by atoms with Crippen LogP contribution in [0.2, 0.25) is 0 Å². The molecule has 0 aromatic carbocycles. The molecule has 0 saturated carbocycles. The van der Waals surface area contributed by atoms with Crippen LogP contribution in [-0.4, -0.2) is 0 Å². The highest BCUT2D eigenvalue weighted by molar-refractivity contribution is 5.02. The van der Waals surface area contributed by atoms with Crippen LogP contribution in [0.5, 0.6) is 0 Å². The lowest BCUT2D eigenvalue weighted by molar-refractivity contribution is 0.524. The second kappa shape index (κ2) is 18.8. The average Bonchev–Trinajstić information content (AvgIpc) is 2.59. The van der Waals surface area contributed by atoms with Crippen molar-refractivity contribution in [2.24, 2.45) is 0 Å². The van der Waals surface area contributed by atoms with Crippen LogP contribution in [-0.2, 0) is 0 Å². The van der Waals surface area contributed by atoms with E-state index in [0.29, 0.717) is 0 Å². The Kier molecular flexibility index (Phi) is 16.9. The Morgan fingerprint density at radius 2 is 0.458 bits per heavy atom. The Hall–Kier alpha value is -0.520. The summed E-state index contributed by atoms with van der Waals surface area (Å²) in [7, 11) is 0. The van der Waals surface area contributed by atoms with E-state index < -0.39 is 0 Å². The Balaban J connectivity index is 2.09. The molecule has 0 atom stereocenters. The van der Waals surface area contributed by atoms with E-state index in [0.717, 1.165) is 0 Å². The molecular weight excluding hydrogens is 288 g/mol. The highest BCUT2D eigenvalue weighted by atomic mass is 14.0. The quantitative estimate of drug-likeness (QED) is 0.415. The summed E-state index contributed by atoms with van der Waals surface area (Å²) in [5.41, 5.74) is 0. The van der Waals surface area contributed by atoms with Crippen LogP contribution in [0.15, 0.2) is 24.3 Å². The molecule has 0 spiro atoms. The minimum Gasteiger partial charge on any atom is -0.0845 e. The lowest BCUT2D eigenvalue weighted by Crippen LogP contribution is -1.84. The maximum absolute atomic E-state index is 2.36. The van der Waals surface area contributed by atoms with Gasteiger partial charge in [0.15, 0.2) is 0 Å². The van der Waals surface area contributed by atoms with Crippen molar-refractivity contribution < 1.29 is 0 Å². The van der Waals surface area contributed by atoms with Gasteiger partial charge in [0, 0.05) is 0 Å². The van der Waals surface area contributed by atoms with Crippen LogP contribution in [0.25, 0.3) is 0 Å². The Morgan fingerprint density at radius 1 is 0.250 bits per heavy atom. The van der Waals surface area contributed by atoms with Crippen molar-refractivity contribution >= 4 is 0 Å². The smallest absolute Gasteiger partial charge is 0.0348 e. The molecule has 0 fully saturated rings. The fourth-order valence-corrected chi connectivity index (χ4v) is 3.70. The Bertz CT molecular complexity index is 256. The number of hydrogen-bond donors (Lipinski definition) is 0. The second-order valence-electron chi connectivity index (χ2n) is 7.80. The monoisotopic (exact) mass is 332 g/mol. The number of rotatable bonds is 0. The molecule has 1 rings (SSSR count). The van der Waals surface area contributed by atoms with Crippen LogP contribution in [0.4, 0.5) is 0 Å². The predicted octanol–water partition coefficient (Wildman–Crippen LogP) is 8.91. The van der Waals surface area contributed by atoms with Gasteiger partial charge in [-0.2, -0.15) is 0 Å². The summed E-state index contributed by atoms with van der Waals surface area (Å²) in [6.07, 6.45) is 38.0. The molecule has 0 heteroatoms. The van der Waals surface area contributed by atoms with Gasteiger partial charge in [-0.05, 0) is 25.7 Å². The average molecular weight is 333 g/mol. The number of allylic oxidation sites excluding steroid dienone is 4. The normalized spacial score (nSPS) is 25.3. The third-order valence-electron chi connectivity index (χ3n) is 5.37. The van der Waals surface area contributed by atoms with Crippen molar-refractivity contribution in [3.63, 3.8) is 0 Å². The van der Waals surface area contributed by atoms with E-state index in [4.69, 9.17) is 0 Å². The van der Waals surface area contributed by atoms with E-state index in [1.165, 1.54) is 128 Å². The zero-order valence-corrected chi connectivity index (χ0v) is 16.5. The van der Waals surface area contributed by atoms with Gasteiger partial charge in [-0.1, -0.05) is 127 Å². The van der Waals surface area contributed by atoms with E-state index >= 15 is 0 Å². The van der Waals surface area contributed by atoms with Gasteiger partial charge in [-0.3, -0.25) is 0 Å². The second-order valence-corrected chi connectivity index (χ2v) is 7.80. The SMILES string of the molecule is C1=C\CCCCCCCCCCCCCCCCCCCC/C=C/1. The fourth-order valence-electron chi connectivity index (χ4n) is 3.70. The molecule has 1 aliphatic rings. The van der Waals surface area contributed by atoms with Crippen LogP contribution in [0.1, 0.15) is 128 Å². The Labute approximate surface area is 153 Å². The topological polar surface area (TPSA) is 0 Å². The molecule has 0 aromatic heterocycles. The van der Waals surface area contributed by atoms with Gasteiger partial charge < -0.3 is 0 Å². The summed E-state index contributed by atoms with van der Waals surface area (Å²) in [6.45, 7) is 0. The molecule has 0 heterocycles. The largest absolute Gasteiger partial charge is 0.0845 e. The van der Waals surface area contributed by atoms with Crippen LogP contribution >= 0.6 is 0 Å². The fraction of sp³-hybridized carbons (Fsp3) is 0.833. The van der Waals surface area contributed by atoms with Crippen LogP contribution < -0.4 is 0 Å². The predicted molar refractivity (Wildman–Crippen MR) is 111 cm³/mol. The Morgan fingerprint density at radius 3 is 0.708 bits per heavy atom. The molecule has 0 radical (unpaired) electrons. The molecule has 0 aromatic rings. The first-order valence-corrected chi connectivity index (χ1v) is 11.3. The van der Waals surface area contributed by atoms with E-state index in [1.807, 2.05) is 0 Å². The first-order valence-electron chi connectivity index (χ1n) is 11.3. The lowest BCUT2D eigenvalue weighted by atomic mass is 10.0. The third kappa shape index (κ3) is 16.3. The molecular formula is C24H44. The van der Waals surface area contributed by atoms with Crippen molar-refractivity contribution in [1.82, 2.24) is 0 Å². The molecule has 0 amide bonds. The zero-order chi connectivity index (χ0) is 17.0. The van der Waals surface area contributed by atoms with E-state index in [-0.39, 0.29) is 0 Å². The molecule has 0 bridgehead atoms. The first kappa shape index (κ1) is 21.5. The molecule has 0 nitrogen and oxygen atoms in total. The van der Waals surface area contributed by atoms with E-state index in [9.17, 15) is 0 Å². The third-order valence-corrected chi connectivity index (χ3v) is 5.37. The van der Waals surface area contributed by atoms with Gasteiger partial charge in [0.05, 0.1) is 0 Å². The summed E-state index contributed by atoms with van der Waals surface area (Å²) < 4.78 is 0.